The lowest BCUT2D eigenvalue weighted by molar-refractivity contribution is -0.116. The Labute approximate surface area is 202 Å². The molecule has 0 saturated heterocycles. The van der Waals surface area contributed by atoms with E-state index in [4.69, 9.17) is 4.74 Å². The zero-order valence-electron chi connectivity index (χ0n) is 18.7. The van der Waals surface area contributed by atoms with Crippen molar-refractivity contribution in [2.75, 3.05) is 10.7 Å². The van der Waals surface area contributed by atoms with Crippen LogP contribution in [0.1, 0.15) is 29.9 Å². The summed E-state index contributed by atoms with van der Waals surface area (Å²) in [6.07, 6.45) is 0.841. The second-order valence-corrected chi connectivity index (χ2v) is 9.00. The van der Waals surface area contributed by atoms with Gasteiger partial charge in [0.15, 0.2) is 5.82 Å². The Morgan fingerprint density at radius 2 is 1.71 bits per heavy atom. The first-order valence-corrected chi connectivity index (χ1v) is 12.1. The maximum absolute atomic E-state index is 13.5. The highest BCUT2D eigenvalue weighted by molar-refractivity contribution is 8.00. The summed E-state index contributed by atoms with van der Waals surface area (Å²) in [4.78, 5) is 13.5. The maximum atomic E-state index is 13.5. The van der Waals surface area contributed by atoms with Crippen molar-refractivity contribution in [1.82, 2.24) is 14.9 Å². The number of amides is 1. The molecule has 1 aliphatic heterocycles. The molecule has 1 amide bonds. The molecule has 0 radical (unpaired) electrons. The quantitative estimate of drug-likeness (QED) is 0.402. The molecule has 0 fully saturated rings. The predicted molar refractivity (Wildman–Crippen MR) is 133 cm³/mol. The van der Waals surface area contributed by atoms with Crippen molar-refractivity contribution >= 4 is 23.4 Å². The molecule has 0 bridgehead atoms. The summed E-state index contributed by atoms with van der Waals surface area (Å²) < 4.78 is 7.71. The summed E-state index contributed by atoms with van der Waals surface area (Å²) >= 11 is 1.40. The van der Waals surface area contributed by atoms with Crippen LogP contribution in [0.5, 0.6) is 5.75 Å². The second-order valence-electron chi connectivity index (χ2n) is 7.89. The number of carbonyl (C=O) groups is 1. The zero-order valence-corrected chi connectivity index (χ0v) is 19.5. The fourth-order valence-electron chi connectivity index (χ4n) is 3.92. The number of ether oxygens (including phenoxy) is 1. The lowest BCUT2D eigenvalue weighted by atomic mass is 10.0. The number of rotatable bonds is 7. The molecule has 7 nitrogen and oxygen atoms in total. The van der Waals surface area contributed by atoms with Gasteiger partial charge in [-0.25, -0.2) is 4.68 Å². The monoisotopic (exact) mass is 471 g/mol. The molecule has 0 aliphatic carbocycles. The number of anilines is 1. The Kier molecular flexibility index (Phi) is 6.49. The normalized spacial score (nSPS) is 16.9. The van der Waals surface area contributed by atoms with E-state index in [0.717, 1.165) is 29.0 Å². The van der Waals surface area contributed by atoms with E-state index in [1.54, 1.807) is 0 Å². The van der Waals surface area contributed by atoms with Crippen LogP contribution in [0.2, 0.25) is 0 Å². The van der Waals surface area contributed by atoms with E-state index in [-0.39, 0.29) is 18.6 Å². The van der Waals surface area contributed by atoms with Crippen molar-refractivity contribution in [3.8, 4) is 5.75 Å². The molecule has 2 N–H and O–H groups in total. The third-order valence-electron chi connectivity index (χ3n) is 5.69. The molecule has 5 rings (SSSR count). The molecule has 4 aromatic rings. The van der Waals surface area contributed by atoms with Gasteiger partial charge in [-0.05, 0) is 35.7 Å². The van der Waals surface area contributed by atoms with Crippen molar-refractivity contribution in [1.29, 1.82) is 0 Å². The molecule has 172 valence electrons. The van der Waals surface area contributed by atoms with Gasteiger partial charge in [-0.1, -0.05) is 85.4 Å². The second kappa shape index (κ2) is 10.0. The molecular weight excluding hydrogens is 446 g/mol. The third-order valence-corrected chi connectivity index (χ3v) is 6.90. The number of hydrogen-bond acceptors (Lipinski definition) is 6. The molecule has 2 heterocycles. The van der Waals surface area contributed by atoms with Crippen LogP contribution in [0.25, 0.3) is 0 Å². The standard InChI is InChI=1S/C26H25N5O2S/c1-2-18-11-9-10-16-21(18)27-25(32)24-23(19-12-5-3-6-13-19)30-31-22(28-29-26(31)34-24)17-33-20-14-7-4-8-15-20/h3-16,23-24,30H,2,17H2,1H3,(H,27,32)/t23-,24+/m1/s1. The van der Waals surface area contributed by atoms with Crippen LogP contribution in [0.4, 0.5) is 5.69 Å². The van der Waals surface area contributed by atoms with E-state index < -0.39 is 5.25 Å². The Morgan fingerprint density at radius 3 is 2.47 bits per heavy atom. The van der Waals surface area contributed by atoms with Gasteiger partial charge in [-0.3, -0.25) is 4.79 Å². The van der Waals surface area contributed by atoms with Crippen molar-refractivity contribution in [2.24, 2.45) is 0 Å². The van der Waals surface area contributed by atoms with Crippen LogP contribution in [-0.2, 0) is 17.8 Å². The van der Waals surface area contributed by atoms with Gasteiger partial charge in [-0.2, -0.15) is 0 Å². The Balaban J connectivity index is 1.41. The van der Waals surface area contributed by atoms with Gasteiger partial charge in [0.2, 0.25) is 11.1 Å². The highest BCUT2D eigenvalue weighted by Gasteiger charge is 2.38. The highest BCUT2D eigenvalue weighted by atomic mass is 32.2. The fourth-order valence-corrected chi connectivity index (χ4v) is 5.02. The van der Waals surface area contributed by atoms with E-state index in [9.17, 15) is 4.79 Å². The number of fused-ring (bicyclic) bond motifs is 1. The highest BCUT2D eigenvalue weighted by Crippen LogP contribution is 2.37. The summed E-state index contributed by atoms with van der Waals surface area (Å²) in [5.74, 6) is 1.32. The molecule has 1 aliphatic rings. The summed E-state index contributed by atoms with van der Waals surface area (Å²) in [6, 6.07) is 27.2. The zero-order chi connectivity index (χ0) is 23.3. The van der Waals surface area contributed by atoms with Crippen LogP contribution in [0, 0.1) is 0 Å². The largest absolute Gasteiger partial charge is 0.486 e. The Morgan fingerprint density at radius 1 is 1.00 bits per heavy atom. The van der Waals surface area contributed by atoms with Crippen LogP contribution < -0.4 is 15.5 Å². The van der Waals surface area contributed by atoms with Gasteiger partial charge in [0.25, 0.3) is 0 Å². The topological polar surface area (TPSA) is 81.1 Å². The molecule has 1 aromatic heterocycles. The van der Waals surface area contributed by atoms with Crippen LogP contribution in [-0.4, -0.2) is 26.0 Å². The SMILES string of the molecule is CCc1ccccc1NC(=O)[C@H]1Sc2nnc(COc3ccccc3)n2N[C@@H]1c1ccccc1. The number of nitrogens with zero attached hydrogens (tertiary/aromatic N) is 3. The maximum Gasteiger partial charge on any atom is 0.240 e. The van der Waals surface area contributed by atoms with E-state index in [0.29, 0.717) is 11.0 Å². The number of carbonyl (C=O) groups excluding carboxylic acids is 1. The molecule has 3 aromatic carbocycles. The van der Waals surface area contributed by atoms with Crippen molar-refractivity contribution in [3.05, 3.63) is 102 Å². The summed E-state index contributed by atoms with van der Waals surface area (Å²) in [5, 5.41) is 12.0. The van der Waals surface area contributed by atoms with Gasteiger partial charge >= 0.3 is 0 Å². The smallest absolute Gasteiger partial charge is 0.240 e. The minimum absolute atomic E-state index is 0.0800. The summed E-state index contributed by atoms with van der Waals surface area (Å²) in [7, 11) is 0. The van der Waals surface area contributed by atoms with E-state index in [2.05, 4.69) is 27.9 Å². The molecule has 0 saturated carbocycles. The molecule has 34 heavy (non-hydrogen) atoms. The van der Waals surface area contributed by atoms with E-state index in [1.807, 2.05) is 89.6 Å². The molecule has 0 unspecified atom stereocenters. The van der Waals surface area contributed by atoms with Crippen molar-refractivity contribution in [2.45, 2.75) is 36.4 Å². The van der Waals surface area contributed by atoms with Crippen molar-refractivity contribution in [3.63, 3.8) is 0 Å². The predicted octanol–water partition coefficient (Wildman–Crippen LogP) is 4.82. The van der Waals surface area contributed by atoms with Crippen LogP contribution in [0.3, 0.4) is 0 Å². The van der Waals surface area contributed by atoms with Crippen LogP contribution >= 0.6 is 11.8 Å². The average Bonchev–Trinajstić information content (AvgIpc) is 3.30. The van der Waals surface area contributed by atoms with Gasteiger partial charge in [0, 0.05) is 5.69 Å². The fraction of sp³-hybridized carbons (Fsp3) is 0.192. The number of hydrogen-bond donors (Lipinski definition) is 2. The van der Waals surface area contributed by atoms with Gasteiger partial charge in [-0.15, -0.1) is 10.2 Å². The Hall–Kier alpha value is -3.78. The van der Waals surface area contributed by atoms with Gasteiger partial charge < -0.3 is 15.5 Å². The number of aryl methyl sites for hydroxylation is 1. The average molecular weight is 472 g/mol. The van der Waals surface area contributed by atoms with E-state index >= 15 is 0 Å². The minimum Gasteiger partial charge on any atom is -0.486 e. The molecule has 8 heteroatoms. The number of thioether (sulfide) groups is 1. The number of aromatic nitrogens is 3. The van der Waals surface area contributed by atoms with Crippen molar-refractivity contribution < 1.29 is 9.53 Å². The third kappa shape index (κ3) is 4.63. The first-order valence-electron chi connectivity index (χ1n) is 11.2. The summed E-state index contributed by atoms with van der Waals surface area (Å²) in [6.45, 7) is 2.34. The lowest BCUT2D eigenvalue weighted by Gasteiger charge is -2.33. The van der Waals surface area contributed by atoms with Gasteiger partial charge in [0.1, 0.15) is 17.6 Å². The van der Waals surface area contributed by atoms with Crippen LogP contribution in [0.15, 0.2) is 90.1 Å². The lowest BCUT2D eigenvalue weighted by Crippen LogP contribution is -2.41. The van der Waals surface area contributed by atoms with E-state index in [1.165, 1.54) is 11.8 Å². The number of benzene rings is 3. The number of para-hydroxylation sites is 2. The Bertz CT molecular complexity index is 1260. The minimum atomic E-state index is -0.438. The van der Waals surface area contributed by atoms with Gasteiger partial charge in [0.05, 0.1) is 6.04 Å². The summed E-state index contributed by atoms with van der Waals surface area (Å²) in [5.41, 5.74) is 6.42. The number of nitrogens with one attached hydrogen (secondary N) is 2. The molecule has 2 atom stereocenters. The first kappa shape index (κ1) is 22.0. The molecular formula is C26H25N5O2S. The first-order chi connectivity index (χ1) is 16.7. The molecule has 0 spiro atoms.